The van der Waals surface area contributed by atoms with Gasteiger partial charge in [0.1, 0.15) is 5.75 Å². The fourth-order valence-corrected chi connectivity index (χ4v) is 2.84. The van der Waals surface area contributed by atoms with Crippen molar-refractivity contribution >= 4 is 38.1 Å². The predicted octanol–water partition coefficient (Wildman–Crippen LogP) is 0.574. The molecule has 22 heavy (non-hydrogen) atoms. The first-order valence-corrected chi connectivity index (χ1v) is 8.25. The first-order chi connectivity index (χ1) is 10.3. The molecule has 0 aliphatic carbocycles. The molecule has 0 aliphatic rings. The van der Waals surface area contributed by atoms with Crippen LogP contribution in [0.5, 0.6) is 5.75 Å². The molecular weight excluding hydrogens is 330 g/mol. The number of hydrogen-bond donors (Lipinski definition) is 2. The van der Waals surface area contributed by atoms with Crippen molar-refractivity contribution in [3.05, 3.63) is 24.3 Å². The van der Waals surface area contributed by atoms with Crippen molar-refractivity contribution < 1.29 is 17.9 Å². The van der Waals surface area contributed by atoms with Crippen LogP contribution in [0.15, 0.2) is 28.6 Å². The number of hydrogen-bond acceptors (Lipinski definition) is 8. The lowest BCUT2D eigenvalue weighted by Gasteiger charge is -2.21. The van der Waals surface area contributed by atoms with Gasteiger partial charge in [0.2, 0.25) is 15.4 Å². The van der Waals surface area contributed by atoms with Crippen LogP contribution < -0.4 is 20.3 Å². The quantitative estimate of drug-likeness (QED) is 0.760. The minimum Gasteiger partial charge on any atom is -0.497 e. The summed E-state index contributed by atoms with van der Waals surface area (Å²) in [4.78, 5) is 11.8. The smallest absolute Gasteiger partial charge is 0.267 e. The van der Waals surface area contributed by atoms with E-state index in [4.69, 9.17) is 9.88 Å². The minimum absolute atomic E-state index is 0.120. The Kier molecular flexibility index (Phi) is 4.59. The second-order valence-electron chi connectivity index (χ2n) is 4.08. The normalized spacial score (nSPS) is 11.0. The zero-order chi connectivity index (χ0) is 16.3. The average Bonchev–Trinajstić information content (AvgIpc) is 2.93. The number of nitrogens with one attached hydrogen (secondary N) is 1. The molecule has 2 rings (SSSR count). The van der Waals surface area contributed by atoms with Crippen LogP contribution in [-0.2, 0) is 14.8 Å². The lowest BCUT2D eigenvalue weighted by Crippen LogP contribution is -2.34. The SMILES string of the molecule is COc1ccc(N(Nc2nnc(S(N)(=O)=O)s2)C(C)=O)cc1. The maximum absolute atomic E-state index is 11.8. The van der Waals surface area contributed by atoms with E-state index in [0.717, 1.165) is 11.3 Å². The average molecular weight is 343 g/mol. The van der Waals surface area contributed by atoms with E-state index in [1.165, 1.54) is 19.0 Å². The summed E-state index contributed by atoms with van der Waals surface area (Å²) in [5.74, 6) is 0.317. The highest BCUT2D eigenvalue weighted by Crippen LogP contribution is 2.23. The summed E-state index contributed by atoms with van der Waals surface area (Å²) >= 11 is 0.723. The van der Waals surface area contributed by atoms with Crippen molar-refractivity contribution in [2.24, 2.45) is 5.14 Å². The fourth-order valence-electron chi connectivity index (χ4n) is 1.52. The van der Waals surface area contributed by atoms with E-state index in [-0.39, 0.29) is 15.4 Å². The van der Waals surface area contributed by atoms with Crippen molar-refractivity contribution in [2.75, 3.05) is 17.5 Å². The summed E-state index contributed by atoms with van der Waals surface area (Å²) in [5, 5.41) is 13.4. The second kappa shape index (κ2) is 6.25. The molecule has 0 aliphatic heterocycles. The summed E-state index contributed by atoms with van der Waals surface area (Å²) in [5.41, 5.74) is 3.22. The van der Waals surface area contributed by atoms with Gasteiger partial charge in [0.15, 0.2) is 0 Å². The number of ether oxygens (including phenoxy) is 1. The minimum atomic E-state index is -3.93. The van der Waals surface area contributed by atoms with Gasteiger partial charge in [0.05, 0.1) is 12.8 Å². The van der Waals surface area contributed by atoms with Crippen LogP contribution in [0.25, 0.3) is 0 Å². The molecule has 0 atom stereocenters. The predicted molar refractivity (Wildman–Crippen MR) is 81.1 cm³/mol. The number of anilines is 2. The lowest BCUT2D eigenvalue weighted by molar-refractivity contribution is -0.116. The van der Waals surface area contributed by atoms with Gasteiger partial charge in [-0.25, -0.2) is 18.6 Å². The molecular formula is C11H13N5O4S2. The Hall–Kier alpha value is -2.24. The van der Waals surface area contributed by atoms with Crippen LogP contribution in [0, 0.1) is 0 Å². The third-order valence-corrected chi connectivity index (χ3v) is 4.64. The summed E-state index contributed by atoms with van der Waals surface area (Å²) in [6.07, 6.45) is 0. The van der Waals surface area contributed by atoms with Gasteiger partial charge in [-0.1, -0.05) is 11.3 Å². The highest BCUT2D eigenvalue weighted by atomic mass is 32.2. The molecule has 0 radical (unpaired) electrons. The Labute approximate surface area is 130 Å². The fraction of sp³-hybridized carbons (Fsp3) is 0.182. The first kappa shape index (κ1) is 16.1. The van der Waals surface area contributed by atoms with Crippen LogP contribution in [0.3, 0.4) is 0 Å². The monoisotopic (exact) mass is 343 g/mol. The molecule has 0 spiro atoms. The number of sulfonamides is 1. The molecule has 1 aromatic heterocycles. The molecule has 0 bridgehead atoms. The van der Waals surface area contributed by atoms with E-state index in [9.17, 15) is 13.2 Å². The van der Waals surface area contributed by atoms with Crippen LogP contribution in [-0.4, -0.2) is 31.6 Å². The number of nitrogens with two attached hydrogens (primary N) is 1. The third kappa shape index (κ3) is 3.69. The van der Waals surface area contributed by atoms with E-state index in [1.54, 1.807) is 24.3 Å². The molecule has 0 saturated carbocycles. The van der Waals surface area contributed by atoms with Crippen molar-refractivity contribution in [1.82, 2.24) is 10.2 Å². The summed E-state index contributed by atoms with van der Waals surface area (Å²) in [7, 11) is -2.39. The number of aromatic nitrogens is 2. The molecule has 3 N–H and O–H groups in total. The van der Waals surface area contributed by atoms with Crippen LogP contribution in [0.1, 0.15) is 6.92 Å². The number of nitrogens with zero attached hydrogens (tertiary/aromatic N) is 3. The molecule has 1 amide bonds. The topological polar surface area (TPSA) is 128 Å². The van der Waals surface area contributed by atoms with E-state index < -0.39 is 10.0 Å². The molecule has 11 heteroatoms. The van der Waals surface area contributed by atoms with Gasteiger partial charge >= 0.3 is 0 Å². The Morgan fingerprint density at radius 2 is 1.95 bits per heavy atom. The molecule has 1 heterocycles. The number of carbonyl (C=O) groups excluding carboxylic acids is 1. The number of primary sulfonamides is 1. The highest BCUT2D eigenvalue weighted by molar-refractivity contribution is 7.91. The Balaban J connectivity index is 2.25. The number of amides is 1. The molecule has 9 nitrogen and oxygen atoms in total. The van der Waals surface area contributed by atoms with E-state index in [0.29, 0.717) is 11.4 Å². The lowest BCUT2D eigenvalue weighted by atomic mass is 10.3. The van der Waals surface area contributed by atoms with Gasteiger partial charge in [-0.2, -0.15) is 0 Å². The van der Waals surface area contributed by atoms with Gasteiger partial charge < -0.3 is 4.74 Å². The van der Waals surface area contributed by atoms with Crippen LogP contribution >= 0.6 is 11.3 Å². The number of benzene rings is 1. The number of methoxy groups -OCH3 is 1. The number of hydrazine groups is 1. The third-order valence-electron chi connectivity index (χ3n) is 2.50. The van der Waals surface area contributed by atoms with Crippen molar-refractivity contribution in [1.29, 1.82) is 0 Å². The highest BCUT2D eigenvalue weighted by Gasteiger charge is 2.18. The molecule has 0 unspecified atom stereocenters. The maximum Gasteiger partial charge on any atom is 0.267 e. The summed E-state index contributed by atoms with van der Waals surface area (Å²) in [6, 6.07) is 6.69. The molecule has 118 valence electrons. The second-order valence-corrected chi connectivity index (χ2v) is 6.80. The standard InChI is InChI=1S/C11H13N5O4S2/c1-7(17)16(8-3-5-9(20-2)6-4-8)15-10-13-14-11(21-10)22(12,18)19/h3-6H,1-2H3,(H,13,15)(H2,12,18,19). The Bertz CT molecular complexity index is 772. The van der Waals surface area contributed by atoms with Gasteiger partial charge in [-0.3, -0.25) is 10.2 Å². The number of rotatable bonds is 5. The zero-order valence-corrected chi connectivity index (χ0v) is 13.3. The van der Waals surface area contributed by atoms with Crippen LogP contribution in [0.2, 0.25) is 0 Å². The summed E-state index contributed by atoms with van der Waals surface area (Å²) in [6.45, 7) is 1.35. The zero-order valence-electron chi connectivity index (χ0n) is 11.7. The van der Waals surface area contributed by atoms with Crippen LogP contribution in [0.4, 0.5) is 10.8 Å². The molecule has 0 saturated heterocycles. The van der Waals surface area contributed by atoms with Gasteiger partial charge in [-0.05, 0) is 24.3 Å². The first-order valence-electron chi connectivity index (χ1n) is 5.89. The largest absolute Gasteiger partial charge is 0.497 e. The maximum atomic E-state index is 11.8. The summed E-state index contributed by atoms with van der Waals surface area (Å²) < 4.78 is 27.0. The Morgan fingerprint density at radius 3 is 2.41 bits per heavy atom. The molecule has 1 aromatic carbocycles. The van der Waals surface area contributed by atoms with Gasteiger partial charge in [-0.15, -0.1) is 10.2 Å². The van der Waals surface area contributed by atoms with E-state index in [2.05, 4.69) is 15.6 Å². The molecule has 2 aromatic rings. The van der Waals surface area contributed by atoms with Gasteiger partial charge in [0.25, 0.3) is 10.0 Å². The van der Waals surface area contributed by atoms with Crippen molar-refractivity contribution in [3.63, 3.8) is 0 Å². The Morgan fingerprint density at radius 1 is 1.32 bits per heavy atom. The van der Waals surface area contributed by atoms with E-state index in [1.807, 2.05) is 0 Å². The number of carbonyl (C=O) groups is 1. The van der Waals surface area contributed by atoms with Crippen molar-refractivity contribution in [2.45, 2.75) is 11.3 Å². The van der Waals surface area contributed by atoms with Crippen molar-refractivity contribution in [3.8, 4) is 5.75 Å². The van der Waals surface area contributed by atoms with E-state index >= 15 is 0 Å². The molecule has 0 fully saturated rings. The van der Waals surface area contributed by atoms with Gasteiger partial charge in [0, 0.05) is 6.92 Å².